The van der Waals surface area contributed by atoms with Crippen LogP contribution in [0.3, 0.4) is 0 Å². The average Bonchev–Trinajstić information content (AvgIpc) is 3.41. The van der Waals surface area contributed by atoms with Gasteiger partial charge in [-0.1, -0.05) is 29.8 Å². The number of ketones is 1. The molecule has 1 aliphatic heterocycles. The molecule has 4 rings (SSSR count). The van der Waals surface area contributed by atoms with Gasteiger partial charge in [-0.2, -0.15) is 0 Å². The van der Waals surface area contributed by atoms with Crippen LogP contribution in [0.4, 0.5) is 5.69 Å². The zero-order chi connectivity index (χ0) is 23.0. The molecule has 2 aromatic carbocycles. The fraction of sp³-hybridized carbons (Fsp3) is 0.167. The lowest BCUT2D eigenvalue weighted by atomic mass is 9.98. The second-order valence-corrected chi connectivity index (χ2v) is 8.57. The van der Waals surface area contributed by atoms with Crippen molar-refractivity contribution in [3.8, 4) is 11.5 Å². The molecule has 0 radical (unpaired) electrons. The van der Waals surface area contributed by atoms with Crippen LogP contribution in [0.25, 0.3) is 5.76 Å². The second-order valence-electron chi connectivity index (χ2n) is 7.15. The van der Waals surface area contributed by atoms with Crippen molar-refractivity contribution in [2.24, 2.45) is 0 Å². The number of benzene rings is 2. The van der Waals surface area contributed by atoms with Gasteiger partial charge in [-0.3, -0.25) is 14.5 Å². The molecule has 1 atom stereocenters. The molecule has 164 valence electrons. The SMILES string of the molecule is COc1cccc(OC)c1/C(O)=C1\C(=O)C(=O)N(c2cc(Cl)ccc2C)C1c1cccs1. The number of aliphatic hydroxyl groups excluding tert-OH is 1. The van der Waals surface area contributed by atoms with Crippen molar-refractivity contribution in [1.29, 1.82) is 0 Å². The molecule has 1 unspecified atom stereocenters. The highest BCUT2D eigenvalue weighted by Crippen LogP contribution is 2.47. The highest BCUT2D eigenvalue weighted by Gasteiger charge is 2.48. The van der Waals surface area contributed by atoms with Crippen molar-refractivity contribution >= 4 is 46.1 Å². The van der Waals surface area contributed by atoms with E-state index in [1.54, 1.807) is 36.4 Å². The minimum atomic E-state index is -0.832. The maximum atomic E-state index is 13.3. The van der Waals surface area contributed by atoms with Gasteiger partial charge in [0.15, 0.2) is 0 Å². The van der Waals surface area contributed by atoms with E-state index in [0.29, 0.717) is 22.2 Å². The first-order chi connectivity index (χ1) is 15.4. The summed E-state index contributed by atoms with van der Waals surface area (Å²) in [6, 6.07) is 13.0. The quantitative estimate of drug-likeness (QED) is 0.309. The molecule has 1 aliphatic rings. The number of carbonyl (C=O) groups excluding carboxylic acids is 2. The summed E-state index contributed by atoms with van der Waals surface area (Å²) in [4.78, 5) is 28.7. The molecule has 0 saturated carbocycles. The van der Waals surface area contributed by atoms with Gasteiger partial charge < -0.3 is 14.6 Å². The predicted octanol–water partition coefficient (Wildman–Crippen LogP) is 5.35. The molecule has 0 bridgehead atoms. The van der Waals surface area contributed by atoms with Crippen LogP contribution in [-0.4, -0.2) is 31.0 Å². The highest BCUT2D eigenvalue weighted by atomic mass is 35.5. The van der Waals surface area contributed by atoms with Crippen molar-refractivity contribution in [2.45, 2.75) is 13.0 Å². The molecule has 3 aromatic rings. The Morgan fingerprint density at radius 2 is 1.75 bits per heavy atom. The maximum absolute atomic E-state index is 13.3. The number of carbonyl (C=O) groups is 2. The minimum absolute atomic E-state index is 0.0420. The summed E-state index contributed by atoms with van der Waals surface area (Å²) in [5.41, 5.74) is 1.44. The number of aryl methyl sites for hydroxylation is 1. The maximum Gasteiger partial charge on any atom is 0.300 e. The number of rotatable bonds is 5. The van der Waals surface area contributed by atoms with Crippen molar-refractivity contribution in [2.75, 3.05) is 19.1 Å². The number of nitrogens with zero attached hydrogens (tertiary/aromatic N) is 1. The molecule has 8 heteroatoms. The number of amides is 1. The summed E-state index contributed by atoms with van der Waals surface area (Å²) in [6.07, 6.45) is 0. The smallest absolute Gasteiger partial charge is 0.300 e. The van der Waals surface area contributed by atoms with Gasteiger partial charge in [0.05, 0.1) is 19.8 Å². The first-order valence-electron chi connectivity index (χ1n) is 9.71. The van der Waals surface area contributed by atoms with Gasteiger partial charge in [0.25, 0.3) is 11.7 Å². The Kier molecular flexibility index (Phi) is 5.95. The Morgan fingerprint density at radius 1 is 1.06 bits per heavy atom. The summed E-state index contributed by atoms with van der Waals surface area (Å²) in [7, 11) is 2.91. The van der Waals surface area contributed by atoms with Crippen molar-refractivity contribution in [1.82, 2.24) is 0 Å². The van der Waals surface area contributed by atoms with Crippen LogP contribution >= 0.6 is 22.9 Å². The van der Waals surface area contributed by atoms with Gasteiger partial charge in [0, 0.05) is 15.6 Å². The van der Waals surface area contributed by atoms with Crippen LogP contribution in [0.2, 0.25) is 5.02 Å². The second kappa shape index (κ2) is 8.68. The van der Waals surface area contributed by atoms with Gasteiger partial charge in [-0.15, -0.1) is 11.3 Å². The van der Waals surface area contributed by atoms with E-state index in [1.165, 1.54) is 30.5 Å². The largest absolute Gasteiger partial charge is 0.506 e. The zero-order valence-electron chi connectivity index (χ0n) is 17.6. The van der Waals surface area contributed by atoms with E-state index in [1.807, 2.05) is 24.4 Å². The Bertz CT molecular complexity index is 1210. The molecular formula is C24H20ClNO5S. The first-order valence-corrected chi connectivity index (χ1v) is 11.0. The fourth-order valence-electron chi connectivity index (χ4n) is 3.86. The number of methoxy groups -OCH3 is 2. The van der Waals surface area contributed by atoms with Crippen molar-refractivity contribution in [3.63, 3.8) is 0 Å². The molecule has 1 saturated heterocycles. The number of anilines is 1. The highest BCUT2D eigenvalue weighted by molar-refractivity contribution is 7.10. The minimum Gasteiger partial charge on any atom is -0.506 e. The number of hydrogen-bond donors (Lipinski definition) is 1. The Morgan fingerprint density at radius 3 is 2.34 bits per heavy atom. The summed E-state index contributed by atoms with van der Waals surface area (Å²) in [6.45, 7) is 1.83. The third kappa shape index (κ3) is 3.53. The van der Waals surface area contributed by atoms with Crippen LogP contribution < -0.4 is 14.4 Å². The van der Waals surface area contributed by atoms with Crippen LogP contribution in [0, 0.1) is 6.92 Å². The molecular weight excluding hydrogens is 450 g/mol. The summed E-state index contributed by atoms with van der Waals surface area (Å²) >= 11 is 7.59. The van der Waals surface area contributed by atoms with E-state index in [2.05, 4.69) is 0 Å². The fourth-order valence-corrected chi connectivity index (χ4v) is 4.85. The van der Waals surface area contributed by atoms with Crippen LogP contribution in [0.15, 0.2) is 59.5 Å². The molecule has 1 amide bonds. The predicted molar refractivity (Wildman–Crippen MR) is 125 cm³/mol. The number of halogens is 1. The van der Waals surface area contributed by atoms with E-state index in [-0.39, 0.29) is 16.9 Å². The third-order valence-electron chi connectivity index (χ3n) is 5.35. The van der Waals surface area contributed by atoms with Gasteiger partial charge in [-0.25, -0.2) is 0 Å². The number of hydrogen-bond acceptors (Lipinski definition) is 6. The molecule has 0 aliphatic carbocycles. The van der Waals surface area contributed by atoms with E-state index in [0.717, 1.165) is 10.4 Å². The molecule has 32 heavy (non-hydrogen) atoms. The monoisotopic (exact) mass is 469 g/mol. The third-order valence-corrected chi connectivity index (χ3v) is 6.51. The van der Waals surface area contributed by atoms with E-state index in [4.69, 9.17) is 21.1 Å². The normalized spacial score (nSPS) is 17.6. The Labute approximate surface area is 194 Å². The van der Waals surface area contributed by atoms with Crippen LogP contribution in [0.1, 0.15) is 22.0 Å². The average molecular weight is 470 g/mol. The Hall–Kier alpha value is -3.29. The lowest BCUT2D eigenvalue weighted by Crippen LogP contribution is -2.29. The van der Waals surface area contributed by atoms with Gasteiger partial charge in [0.1, 0.15) is 28.9 Å². The van der Waals surface area contributed by atoms with Crippen LogP contribution in [0.5, 0.6) is 11.5 Å². The van der Waals surface area contributed by atoms with E-state index < -0.39 is 17.7 Å². The van der Waals surface area contributed by atoms with E-state index >= 15 is 0 Å². The Balaban J connectivity index is 2.02. The summed E-state index contributed by atoms with van der Waals surface area (Å²) in [5, 5.41) is 13.7. The number of ether oxygens (including phenoxy) is 2. The van der Waals surface area contributed by atoms with Gasteiger partial charge in [0.2, 0.25) is 0 Å². The molecule has 2 heterocycles. The number of Topliss-reactive ketones (excluding diaryl/α,β-unsaturated/α-hetero) is 1. The topological polar surface area (TPSA) is 76.1 Å². The summed E-state index contributed by atoms with van der Waals surface area (Å²) < 4.78 is 10.8. The van der Waals surface area contributed by atoms with Crippen molar-refractivity contribution < 1.29 is 24.2 Å². The summed E-state index contributed by atoms with van der Waals surface area (Å²) in [5.74, 6) is -1.27. The molecule has 1 fully saturated rings. The lowest BCUT2D eigenvalue weighted by Gasteiger charge is -2.26. The van der Waals surface area contributed by atoms with Crippen LogP contribution in [-0.2, 0) is 9.59 Å². The molecule has 0 spiro atoms. The number of thiophene rings is 1. The standard InChI is InChI=1S/C24H20ClNO5S/c1-13-9-10-14(25)12-15(13)26-21(18-8-5-11-32-18)20(23(28)24(26)29)22(27)19-16(30-2)6-4-7-17(19)31-3/h4-12,21,27H,1-3H3/b22-20+. The lowest BCUT2D eigenvalue weighted by molar-refractivity contribution is -0.132. The van der Waals surface area contributed by atoms with Gasteiger partial charge in [-0.05, 0) is 48.2 Å². The zero-order valence-corrected chi connectivity index (χ0v) is 19.2. The van der Waals surface area contributed by atoms with Gasteiger partial charge >= 0.3 is 0 Å². The number of aliphatic hydroxyl groups is 1. The molecule has 1 N–H and O–H groups in total. The molecule has 6 nitrogen and oxygen atoms in total. The van der Waals surface area contributed by atoms with Crippen molar-refractivity contribution in [3.05, 3.63) is 80.5 Å². The van der Waals surface area contributed by atoms with E-state index in [9.17, 15) is 14.7 Å². The first kappa shape index (κ1) is 21.9. The molecule has 1 aromatic heterocycles.